The van der Waals surface area contributed by atoms with Gasteiger partial charge in [0.1, 0.15) is 10.0 Å². The van der Waals surface area contributed by atoms with E-state index in [2.05, 4.69) is 34.6 Å². The fourth-order valence-corrected chi connectivity index (χ4v) is 4.67. The van der Waals surface area contributed by atoms with Crippen molar-refractivity contribution in [2.24, 2.45) is 0 Å². The van der Waals surface area contributed by atoms with Gasteiger partial charge in [0.05, 0.1) is 31.8 Å². The number of benzene rings is 1. The van der Waals surface area contributed by atoms with Crippen LogP contribution in [-0.4, -0.2) is 21.5 Å². The second kappa shape index (κ2) is 4.66. The number of nitrogens with one attached hydrogen (secondary N) is 2. The smallest absolute Gasteiger partial charge is 0.140 e. The topological polar surface area (TPSA) is 53.6 Å². The van der Waals surface area contributed by atoms with E-state index in [1.54, 1.807) is 22.7 Å². The van der Waals surface area contributed by atoms with Gasteiger partial charge in [0, 0.05) is 12.7 Å². The van der Waals surface area contributed by atoms with E-state index in [1.807, 2.05) is 12.3 Å². The average molecular weight is 324 g/mol. The van der Waals surface area contributed by atoms with Crippen LogP contribution in [-0.2, 0) is 0 Å². The molecular formula is C16H12N4S2. The largest absolute Gasteiger partial charge is 0.383 e. The predicted molar refractivity (Wildman–Crippen MR) is 93.2 cm³/mol. The lowest BCUT2D eigenvalue weighted by atomic mass is 10.3. The molecule has 4 heterocycles. The minimum atomic E-state index is 1.02. The van der Waals surface area contributed by atoms with E-state index in [9.17, 15) is 0 Å². The summed E-state index contributed by atoms with van der Waals surface area (Å²) in [6.07, 6.45) is 5.24. The molecule has 6 heteroatoms. The van der Waals surface area contributed by atoms with E-state index in [0.29, 0.717) is 0 Å². The van der Waals surface area contributed by atoms with E-state index in [1.165, 1.54) is 15.1 Å². The molecule has 5 rings (SSSR count). The molecule has 1 aliphatic heterocycles. The van der Waals surface area contributed by atoms with Gasteiger partial charge in [0.15, 0.2) is 0 Å². The minimum Gasteiger partial charge on any atom is -0.383 e. The predicted octanol–water partition coefficient (Wildman–Crippen LogP) is 4.24. The molecule has 0 fully saturated rings. The maximum Gasteiger partial charge on any atom is 0.140 e. The Balaban J connectivity index is 1.66. The Bertz CT molecular complexity index is 957. The number of rotatable bonds is 2. The summed E-state index contributed by atoms with van der Waals surface area (Å²) in [5.41, 5.74) is 4.34. The number of aromatic amines is 1. The van der Waals surface area contributed by atoms with E-state index < -0.39 is 0 Å². The highest BCUT2D eigenvalue weighted by Gasteiger charge is 2.14. The van der Waals surface area contributed by atoms with Crippen LogP contribution in [0.25, 0.3) is 36.8 Å². The van der Waals surface area contributed by atoms with E-state index in [4.69, 9.17) is 9.97 Å². The summed E-state index contributed by atoms with van der Waals surface area (Å²) in [6, 6.07) is 8.36. The van der Waals surface area contributed by atoms with E-state index in [-0.39, 0.29) is 0 Å². The Labute approximate surface area is 134 Å². The van der Waals surface area contributed by atoms with Gasteiger partial charge in [-0.05, 0) is 30.7 Å². The normalized spacial score (nSPS) is 14.6. The lowest BCUT2D eigenvalue weighted by Gasteiger charge is -1.96. The molecule has 0 atom stereocenters. The zero-order valence-electron chi connectivity index (χ0n) is 11.6. The molecule has 108 valence electrons. The molecule has 0 saturated heterocycles. The molecule has 0 unspecified atom stereocenters. The van der Waals surface area contributed by atoms with Crippen molar-refractivity contribution >= 4 is 48.8 Å². The van der Waals surface area contributed by atoms with Crippen molar-refractivity contribution in [3.8, 4) is 10.7 Å². The lowest BCUT2D eigenvalue weighted by molar-refractivity contribution is 0.927. The maximum atomic E-state index is 4.78. The number of nitrogens with zero attached hydrogens (tertiary/aromatic N) is 2. The monoisotopic (exact) mass is 324 g/mol. The van der Waals surface area contributed by atoms with Gasteiger partial charge in [0.2, 0.25) is 0 Å². The minimum absolute atomic E-state index is 1.02. The summed E-state index contributed by atoms with van der Waals surface area (Å²) in [4.78, 5) is 12.7. The maximum absolute atomic E-state index is 4.78. The van der Waals surface area contributed by atoms with Crippen LogP contribution >= 0.6 is 22.7 Å². The molecule has 0 bridgehead atoms. The Hall–Kier alpha value is -2.18. The third kappa shape index (κ3) is 1.88. The van der Waals surface area contributed by atoms with Gasteiger partial charge < -0.3 is 10.3 Å². The van der Waals surface area contributed by atoms with Crippen molar-refractivity contribution < 1.29 is 0 Å². The lowest BCUT2D eigenvalue weighted by Crippen LogP contribution is -2.05. The zero-order valence-corrected chi connectivity index (χ0v) is 13.2. The molecule has 3 aromatic heterocycles. The van der Waals surface area contributed by atoms with Gasteiger partial charge >= 0.3 is 0 Å². The Morgan fingerprint density at radius 3 is 2.45 bits per heavy atom. The first kappa shape index (κ1) is 12.4. The van der Waals surface area contributed by atoms with Gasteiger partial charge in [-0.25, -0.2) is 9.97 Å². The summed E-state index contributed by atoms with van der Waals surface area (Å²) in [7, 11) is 0. The molecule has 0 spiro atoms. The van der Waals surface area contributed by atoms with Gasteiger partial charge in [-0.1, -0.05) is 6.08 Å². The fourth-order valence-electron chi connectivity index (χ4n) is 2.70. The van der Waals surface area contributed by atoms with Crippen LogP contribution in [0.2, 0.25) is 0 Å². The standard InChI is InChI=1S/C16H12N4S2/c1-3-9(17-5-1)15-19-11-7-14-12(8-13(11)21-15)20-16(22-14)10-4-2-6-18-10/h1,3-5,7-8,17-18H,2,6H2. The van der Waals surface area contributed by atoms with E-state index >= 15 is 0 Å². The van der Waals surface area contributed by atoms with Crippen LogP contribution in [0.4, 0.5) is 0 Å². The van der Waals surface area contributed by atoms with Gasteiger partial charge in [0.25, 0.3) is 0 Å². The molecular weight excluding hydrogens is 312 g/mol. The molecule has 1 aliphatic rings. The first-order chi connectivity index (χ1) is 10.9. The number of aromatic nitrogens is 3. The highest BCUT2D eigenvalue weighted by molar-refractivity contribution is 7.22. The van der Waals surface area contributed by atoms with Crippen molar-refractivity contribution in [1.29, 1.82) is 0 Å². The molecule has 0 aliphatic carbocycles. The van der Waals surface area contributed by atoms with Crippen LogP contribution in [0.15, 0.2) is 36.5 Å². The summed E-state index contributed by atoms with van der Waals surface area (Å²) in [5.74, 6) is 0. The summed E-state index contributed by atoms with van der Waals surface area (Å²) in [5, 5.41) is 5.49. The van der Waals surface area contributed by atoms with Crippen molar-refractivity contribution in [2.45, 2.75) is 6.42 Å². The Morgan fingerprint density at radius 1 is 1.00 bits per heavy atom. The summed E-state index contributed by atoms with van der Waals surface area (Å²) >= 11 is 3.43. The van der Waals surface area contributed by atoms with Gasteiger partial charge in [-0.15, -0.1) is 22.7 Å². The Kier molecular flexibility index (Phi) is 2.62. The second-order valence-electron chi connectivity index (χ2n) is 5.24. The molecule has 1 aromatic carbocycles. The third-order valence-corrected chi connectivity index (χ3v) is 5.87. The van der Waals surface area contributed by atoms with Crippen molar-refractivity contribution in [3.63, 3.8) is 0 Å². The van der Waals surface area contributed by atoms with Gasteiger partial charge in [-0.3, -0.25) is 0 Å². The average Bonchev–Trinajstić information content (AvgIpc) is 3.27. The molecule has 4 aromatic rings. The molecule has 22 heavy (non-hydrogen) atoms. The first-order valence-electron chi connectivity index (χ1n) is 7.16. The third-order valence-electron chi connectivity index (χ3n) is 3.76. The van der Waals surface area contributed by atoms with Crippen molar-refractivity contribution in [3.05, 3.63) is 41.5 Å². The number of hydrogen-bond donors (Lipinski definition) is 2. The molecule has 4 nitrogen and oxygen atoms in total. The summed E-state index contributed by atoms with van der Waals surface area (Å²) < 4.78 is 2.38. The number of fused-ring (bicyclic) bond motifs is 2. The second-order valence-corrected chi connectivity index (χ2v) is 7.30. The van der Waals surface area contributed by atoms with Gasteiger partial charge in [-0.2, -0.15) is 0 Å². The highest BCUT2D eigenvalue weighted by atomic mass is 32.1. The quantitative estimate of drug-likeness (QED) is 0.580. The van der Waals surface area contributed by atoms with E-state index in [0.717, 1.165) is 39.7 Å². The molecule has 0 saturated carbocycles. The fraction of sp³-hybridized carbons (Fsp3) is 0.125. The molecule has 0 radical (unpaired) electrons. The van der Waals surface area contributed by atoms with Crippen LogP contribution < -0.4 is 5.32 Å². The Morgan fingerprint density at radius 2 is 1.77 bits per heavy atom. The van der Waals surface area contributed by atoms with Crippen LogP contribution in [0.1, 0.15) is 11.4 Å². The molecule has 2 N–H and O–H groups in total. The van der Waals surface area contributed by atoms with Crippen molar-refractivity contribution in [1.82, 2.24) is 20.3 Å². The zero-order chi connectivity index (χ0) is 14.5. The highest BCUT2D eigenvalue weighted by Crippen LogP contribution is 2.35. The van der Waals surface area contributed by atoms with Crippen LogP contribution in [0.5, 0.6) is 0 Å². The van der Waals surface area contributed by atoms with Crippen LogP contribution in [0.3, 0.4) is 0 Å². The molecule has 0 amide bonds. The number of H-pyrrole nitrogens is 1. The summed E-state index contributed by atoms with van der Waals surface area (Å²) in [6.45, 7) is 1.02. The van der Waals surface area contributed by atoms with Crippen molar-refractivity contribution in [2.75, 3.05) is 6.54 Å². The van der Waals surface area contributed by atoms with Crippen LogP contribution in [0, 0.1) is 0 Å². The SMILES string of the molecule is C1=C(c2nc3cc4sc(-c5ccc[nH]5)nc4cc3s2)NCC1. The number of hydrogen-bond acceptors (Lipinski definition) is 5. The first-order valence-corrected chi connectivity index (χ1v) is 8.79. The number of thiazole rings is 2.